The Kier molecular flexibility index (Phi) is 3.46. The minimum Gasteiger partial charge on any atom is -0.367 e. The van der Waals surface area contributed by atoms with Gasteiger partial charge in [0.05, 0.1) is 5.69 Å². The molecule has 0 aliphatic heterocycles. The Bertz CT molecular complexity index is 571. The number of nitrogens with two attached hydrogens (primary N) is 1. The zero-order chi connectivity index (χ0) is 13.9. The van der Waals surface area contributed by atoms with Gasteiger partial charge in [0.1, 0.15) is 5.82 Å². The van der Waals surface area contributed by atoms with Crippen LogP contribution >= 0.6 is 0 Å². The summed E-state index contributed by atoms with van der Waals surface area (Å²) in [6.45, 7) is 1.64. The predicted octanol–water partition coefficient (Wildman–Crippen LogP) is 2.03. The highest BCUT2D eigenvalue weighted by Crippen LogP contribution is 2.24. The molecule has 0 aliphatic carbocycles. The fraction of sp³-hybridized carbons (Fsp3) is 0.143. The molecule has 0 spiro atoms. The molecule has 1 atom stereocenters. The Hall–Kier alpha value is -2.43. The molecule has 0 bridgehead atoms. The van der Waals surface area contributed by atoms with Crippen LogP contribution in [-0.4, -0.2) is 10.9 Å². The molecule has 0 saturated carbocycles. The number of pyridine rings is 1. The van der Waals surface area contributed by atoms with Gasteiger partial charge in [-0.3, -0.25) is 9.78 Å². The van der Waals surface area contributed by atoms with Crippen LogP contribution in [0.15, 0.2) is 48.7 Å². The van der Waals surface area contributed by atoms with E-state index < -0.39 is 11.4 Å². The van der Waals surface area contributed by atoms with Crippen molar-refractivity contribution in [3.05, 3.63) is 60.2 Å². The average Bonchev–Trinajstić information content (AvgIpc) is 2.42. The van der Waals surface area contributed by atoms with Crippen LogP contribution < -0.4 is 11.1 Å². The average molecular weight is 259 g/mol. The SMILES string of the molecule is CC(Nc1ccc(F)cc1)(C(N)=O)c1ccccn1. The summed E-state index contributed by atoms with van der Waals surface area (Å²) in [5.41, 5.74) is 5.41. The number of halogens is 1. The molecule has 5 heteroatoms. The monoisotopic (exact) mass is 259 g/mol. The maximum Gasteiger partial charge on any atom is 0.249 e. The predicted molar refractivity (Wildman–Crippen MR) is 70.8 cm³/mol. The summed E-state index contributed by atoms with van der Waals surface area (Å²) in [5.74, 6) is -0.903. The highest BCUT2D eigenvalue weighted by atomic mass is 19.1. The first-order valence-electron chi connectivity index (χ1n) is 5.77. The van der Waals surface area contributed by atoms with Gasteiger partial charge >= 0.3 is 0 Å². The van der Waals surface area contributed by atoms with Crippen molar-refractivity contribution in [3.63, 3.8) is 0 Å². The zero-order valence-electron chi connectivity index (χ0n) is 10.4. The van der Waals surface area contributed by atoms with Crippen molar-refractivity contribution in [3.8, 4) is 0 Å². The molecule has 0 aliphatic rings. The third-order valence-electron chi connectivity index (χ3n) is 2.91. The number of hydrogen-bond donors (Lipinski definition) is 2. The Balaban J connectivity index is 2.36. The normalized spacial score (nSPS) is 13.6. The fourth-order valence-corrected chi connectivity index (χ4v) is 1.73. The molecule has 4 nitrogen and oxygen atoms in total. The lowest BCUT2D eigenvalue weighted by atomic mass is 9.95. The van der Waals surface area contributed by atoms with Crippen molar-refractivity contribution in [2.75, 3.05) is 5.32 Å². The lowest BCUT2D eigenvalue weighted by Crippen LogP contribution is -2.45. The number of benzene rings is 1. The number of amides is 1. The molecule has 0 fully saturated rings. The standard InChI is InChI=1S/C14H14FN3O/c1-14(13(16)19,12-4-2-3-9-17-12)18-11-7-5-10(15)6-8-11/h2-9,18H,1H3,(H2,16,19). The number of nitrogens with zero attached hydrogens (tertiary/aromatic N) is 1. The maximum absolute atomic E-state index is 12.9. The summed E-state index contributed by atoms with van der Waals surface area (Å²) in [4.78, 5) is 15.9. The number of primary amides is 1. The topological polar surface area (TPSA) is 68.0 Å². The Morgan fingerprint density at radius 1 is 1.26 bits per heavy atom. The van der Waals surface area contributed by atoms with Crippen LogP contribution in [0.2, 0.25) is 0 Å². The van der Waals surface area contributed by atoms with E-state index in [0.717, 1.165) is 0 Å². The van der Waals surface area contributed by atoms with Crippen molar-refractivity contribution in [2.45, 2.75) is 12.5 Å². The zero-order valence-corrected chi connectivity index (χ0v) is 10.4. The summed E-state index contributed by atoms with van der Waals surface area (Å²) >= 11 is 0. The molecule has 98 valence electrons. The van der Waals surface area contributed by atoms with Gasteiger partial charge in [0.15, 0.2) is 5.54 Å². The molecule has 1 amide bonds. The van der Waals surface area contributed by atoms with E-state index in [9.17, 15) is 9.18 Å². The Morgan fingerprint density at radius 3 is 2.47 bits per heavy atom. The lowest BCUT2D eigenvalue weighted by molar-refractivity contribution is -0.122. The van der Waals surface area contributed by atoms with Gasteiger partial charge in [0.2, 0.25) is 5.91 Å². The van der Waals surface area contributed by atoms with Crippen molar-refractivity contribution in [1.29, 1.82) is 0 Å². The maximum atomic E-state index is 12.9. The van der Waals surface area contributed by atoms with Crippen LogP contribution in [0.4, 0.5) is 10.1 Å². The second-order valence-corrected chi connectivity index (χ2v) is 4.34. The molecule has 0 radical (unpaired) electrons. The van der Waals surface area contributed by atoms with E-state index >= 15 is 0 Å². The fourth-order valence-electron chi connectivity index (χ4n) is 1.73. The van der Waals surface area contributed by atoms with E-state index in [2.05, 4.69) is 10.3 Å². The summed E-state index contributed by atoms with van der Waals surface area (Å²) in [6.07, 6.45) is 1.59. The van der Waals surface area contributed by atoms with Crippen LogP contribution in [0.25, 0.3) is 0 Å². The van der Waals surface area contributed by atoms with Gasteiger partial charge in [-0.15, -0.1) is 0 Å². The number of aromatic nitrogens is 1. The number of anilines is 1. The van der Waals surface area contributed by atoms with Crippen LogP contribution in [0.1, 0.15) is 12.6 Å². The Morgan fingerprint density at radius 2 is 1.95 bits per heavy atom. The molecule has 1 aromatic carbocycles. The minimum absolute atomic E-state index is 0.343. The number of carbonyl (C=O) groups is 1. The summed E-state index contributed by atoms with van der Waals surface area (Å²) in [5, 5.41) is 2.99. The first-order chi connectivity index (χ1) is 9.02. The summed E-state index contributed by atoms with van der Waals surface area (Å²) in [7, 11) is 0. The third-order valence-corrected chi connectivity index (χ3v) is 2.91. The lowest BCUT2D eigenvalue weighted by Gasteiger charge is -2.28. The first kappa shape index (κ1) is 13.0. The molecule has 2 rings (SSSR count). The molecule has 1 heterocycles. The summed E-state index contributed by atoms with van der Waals surface area (Å²) < 4.78 is 12.9. The van der Waals surface area contributed by atoms with Gasteiger partial charge in [-0.25, -0.2) is 4.39 Å². The smallest absolute Gasteiger partial charge is 0.249 e. The van der Waals surface area contributed by atoms with Crippen LogP contribution in [0.5, 0.6) is 0 Å². The van der Waals surface area contributed by atoms with Gasteiger partial charge in [-0.1, -0.05) is 6.07 Å². The van der Waals surface area contributed by atoms with E-state index in [1.54, 1.807) is 43.5 Å². The molecule has 3 N–H and O–H groups in total. The Labute approximate surface area is 110 Å². The van der Waals surface area contributed by atoms with E-state index in [0.29, 0.717) is 11.4 Å². The van der Waals surface area contributed by atoms with Crippen molar-refractivity contribution < 1.29 is 9.18 Å². The van der Waals surface area contributed by atoms with Crippen LogP contribution in [-0.2, 0) is 10.3 Å². The van der Waals surface area contributed by atoms with Gasteiger partial charge in [-0.2, -0.15) is 0 Å². The van der Waals surface area contributed by atoms with Crippen LogP contribution in [0, 0.1) is 5.82 Å². The number of hydrogen-bond acceptors (Lipinski definition) is 3. The number of rotatable bonds is 4. The largest absolute Gasteiger partial charge is 0.367 e. The van der Waals surface area contributed by atoms with Gasteiger partial charge in [-0.05, 0) is 43.3 Å². The van der Waals surface area contributed by atoms with E-state index in [1.807, 2.05) is 0 Å². The van der Waals surface area contributed by atoms with Crippen molar-refractivity contribution in [2.24, 2.45) is 5.73 Å². The van der Waals surface area contributed by atoms with E-state index in [4.69, 9.17) is 5.73 Å². The number of nitrogens with one attached hydrogen (secondary N) is 1. The second kappa shape index (κ2) is 5.06. The van der Waals surface area contributed by atoms with Gasteiger partial charge < -0.3 is 11.1 Å². The molecule has 2 aromatic rings. The first-order valence-corrected chi connectivity index (χ1v) is 5.77. The van der Waals surface area contributed by atoms with Crippen molar-refractivity contribution in [1.82, 2.24) is 4.98 Å². The second-order valence-electron chi connectivity index (χ2n) is 4.34. The van der Waals surface area contributed by atoms with Crippen LogP contribution in [0.3, 0.4) is 0 Å². The van der Waals surface area contributed by atoms with E-state index in [-0.39, 0.29) is 5.82 Å². The summed E-state index contributed by atoms with van der Waals surface area (Å²) in [6, 6.07) is 10.9. The highest BCUT2D eigenvalue weighted by Gasteiger charge is 2.34. The molecule has 1 aromatic heterocycles. The quantitative estimate of drug-likeness (QED) is 0.882. The third kappa shape index (κ3) is 2.70. The molecule has 1 unspecified atom stereocenters. The highest BCUT2D eigenvalue weighted by molar-refractivity contribution is 5.88. The van der Waals surface area contributed by atoms with Crippen molar-refractivity contribution >= 4 is 11.6 Å². The molecular formula is C14H14FN3O. The van der Waals surface area contributed by atoms with Gasteiger partial charge in [0.25, 0.3) is 0 Å². The molecule has 19 heavy (non-hydrogen) atoms. The van der Waals surface area contributed by atoms with Gasteiger partial charge in [0, 0.05) is 11.9 Å². The number of carbonyl (C=O) groups excluding carboxylic acids is 1. The molecule has 0 saturated heterocycles. The minimum atomic E-state index is -1.15. The molecular weight excluding hydrogens is 245 g/mol. The van der Waals surface area contributed by atoms with E-state index in [1.165, 1.54) is 12.1 Å².